The van der Waals surface area contributed by atoms with Crippen molar-refractivity contribution in [2.75, 3.05) is 24.5 Å². The molecule has 1 aliphatic heterocycles. The molecule has 1 saturated heterocycles. The minimum absolute atomic E-state index is 0.225. The summed E-state index contributed by atoms with van der Waals surface area (Å²) in [5.41, 5.74) is 0.543. The van der Waals surface area contributed by atoms with Crippen molar-refractivity contribution in [1.29, 1.82) is 0 Å². The number of rotatable bonds is 3. The third-order valence-corrected chi connectivity index (χ3v) is 3.39. The van der Waals surface area contributed by atoms with Crippen LogP contribution in [0.15, 0.2) is 12.3 Å². The molecule has 0 bridgehead atoms. The fourth-order valence-electron chi connectivity index (χ4n) is 2.23. The SMILES string of the molecule is CC[C@H](O)c1cnc(N2CCNC[C@@H]2C)c(F)c1. The van der Waals surface area contributed by atoms with E-state index in [9.17, 15) is 9.50 Å². The van der Waals surface area contributed by atoms with Crippen LogP contribution >= 0.6 is 0 Å². The van der Waals surface area contributed by atoms with Gasteiger partial charge in [-0.2, -0.15) is 0 Å². The quantitative estimate of drug-likeness (QED) is 0.856. The van der Waals surface area contributed by atoms with Crippen LogP contribution in [0.5, 0.6) is 0 Å². The third-order valence-electron chi connectivity index (χ3n) is 3.39. The summed E-state index contributed by atoms with van der Waals surface area (Å²) >= 11 is 0. The number of pyridine rings is 1. The smallest absolute Gasteiger partial charge is 0.166 e. The van der Waals surface area contributed by atoms with Gasteiger partial charge in [0, 0.05) is 37.4 Å². The third kappa shape index (κ3) is 2.62. The molecule has 1 aromatic heterocycles. The Morgan fingerprint density at radius 3 is 3.06 bits per heavy atom. The lowest BCUT2D eigenvalue weighted by atomic mass is 10.1. The van der Waals surface area contributed by atoms with E-state index in [2.05, 4.69) is 10.3 Å². The monoisotopic (exact) mass is 253 g/mol. The highest BCUT2D eigenvalue weighted by Crippen LogP contribution is 2.23. The lowest BCUT2D eigenvalue weighted by molar-refractivity contribution is 0.173. The van der Waals surface area contributed by atoms with E-state index in [0.29, 0.717) is 17.8 Å². The van der Waals surface area contributed by atoms with Crippen molar-refractivity contribution in [3.63, 3.8) is 0 Å². The Labute approximate surface area is 107 Å². The van der Waals surface area contributed by atoms with E-state index < -0.39 is 6.10 Å². The molecule has 1 aliphatic rings. The second kappa shape index (κ2) is 5.63. The van der Waals surface area contributed by atoms with Crippen molar-refractivity contribution in [3.05, 3.63) is 23.6 Å². The summed E-state index contributed by atoms with van der Waals surface area (Å²) in [6.45, 7) is 6.32. The molecule has 0 amide bonds. The van der Waals surface area contributed by atoms with Gasteiger partial charge in [0.05, 0.1) is 6.10 Å². The number of halogens is 1. The molecule has 5 heteroatoms. The summed E-state index contributed by atoms with van der Waals surface area (Å²) in [7, 11) is 0. The number of nitrogens with one attached hydrogen (secondary N) is 1. The van der Waals surface area contributed by atoms with Gasteiger partial charge in [-0.25, -0.2) is 9.37 Å². The van der Waals surface area contributed by atoms with E-state index in [0.717, 1.165) is 19.6 Å². The van der Waals surface area contributed by atoms with Crippen LogP contribution in [0.1, 0.15) is 31.9 Å². The Balaban J connectivity index is 2.23. The van der Waals surface area contributed by atoms with Gasteiger partial charge in [-0.3, -0.25) is 0 Å². The molecule has 0 saturated carbocycles. The summed E-state index contributed by atoms with van der Waals surface area (Å²) < 4.78 is 14.1. The van der Waals surface area contributed by atoms with Crippen LogP contribution < -0.4 is 10.2 Å². The van der Waals surface area contributed by atoms with Crippen LogP contribution in [-0.4, -0.2) is 35.8 Å². The van der Waals surface area contributed by atoms with Crippen LogP contribution in [0.4, 0.5) is 10.2 Å². The average molecular weight is 253 g/mol. The molecule has 0 radical (unpaired) electrons. The first kappa shape index (κ1) is 13.2. The fourth-order valence-corrected chi connectivity index (χ4v) is 2.23. The molecular formula is C13H20FN3O. The highest BCUT2D eigenvalue weighted by atomic mass is 19.1. The molecule has 0 unspecified atom stereocenters. The van der Waals surface area contributed by atoms with E-state index in [1.165, 1.54) is 6.07 Å². The zero-order valence-corrected chi connectivity index (χ0v) is 10.9. The number of hydrogen-bond donors (Lipinski definition) is 2. The molecule has 1 aromatic rings. The largest absolute Gasteiger partial charge is 0.388 e. The molecule has 2 rings (SSSR count). The fraction of sp³-hybridized carbons (Fsp3) is 0.615. The van der Waals surface area contributed by atoms with Gasteiger partial charge in [-0.15, -0.1) is 0 Å². The van der Waals surface area contributed by atoms with Gasteiger partial charge in [-0.05, 0) is 19.4 Å². The lowest BCUT2D eigenvalue weighted by Gasteiger charge is -2.35. The number of hydrogen-bond acceptors (Lipinski definition) is 4. The number of aliphatic hydroxyl groups is 1. The standard InChI is InChI=1S/C13H20FN3O/c1-3-12(18)10-6-11(14)13(16-8-10)17-5-4-15-7-9(17)2/h6,8-9,12,15,18H,3-5,7H2,1-2H3/t9-,12-/m0/s1. The zero-order valence-electron chi connectivity index (χ0n) is 10.9. The number of aromatic nitrogens is 1. The Morgan fingerprint density at radius 1 is 1.67 bits per heavy atom. The van der Waals surface area contributed by atoms with Gasteiger partial charge in [-0.1, -0.05) is 6.92 Å². The molecule has 0 aliphatic carbocycles. The highest BCUT2D eigenvalue weighted by Gasteiger charge is 2.22. The normalized spacial score (nSPS) is 22.0. The Kier molecular flexibility index (Phi) is 4.14. The van der Waals surface area contributed by atoms with Crippen molar-refractivity contribution in [2.24, 2.45) is 0 Å². The van der Waals surface area contributed by atoms with E-state index in [-0.39, 0.29) is 11.9 Å². The second-order valence-electron chi connectivity index (χ2n) is 4.74. The van der Waals surface area contributed by atoms with Gasteiger partial charge < -0.3 is 15.3 Å². The summed E-state index contributed by atoms with van der Waals surface area (Å²) in [4.78, 5) is 6.15. The molecule has 2 atom stereocenters. The summed E-state index contributed by atoms with van der Waals surface area (Å²) in [6.07, 6.45) is 1.49. The Hall–Kier alpha value is -1.20. The predicted molar refractivity (Wildman–Crippen MR) is 69.1 cm³/mol. The van der Waals surface area contributed by atoms with Gasteiger partial charge in [0.2, 0.25) is 0 Å². The lowest BCUT2D eigenvalue weighted by Crippen LogP contribution is -2.50. The van der Waals surface area contributed by atoms with E-state index >= 15 is 0 Å². The van der Waals surface area contributed by atoms with Crippen LogP contribution in [0.2, 0.25) is 0 Å². The molecule has 0 spiro atoms. The Morgan fingerprint density at radius 2 is 2.44 bits per heavy atom. The number of anilines is 1. The maximum atomic E-state index is 14.1. The minimum atomic E-state index is -0.638. The van der Waals surface area contributed by atoms with Gasteiger partial charge in [0.1, 0.15) is 0 Å². The predicted octanol–water partition coefficient (Wildman–Crippen LogP) is 1.46. The number of aliphatic hydroxyl groups excluding tert-OH is 1. The van der Waals surface area contributed by atoms with Crippen LogP contribution in [0, 0.1) is 5.82 Å². The van der Waals surface area contributed by atoms with Gasteiger partial charge in [0.25, 0.3) is 0 Å². The maximum Gasteiger partial charge on any atom is 0.166 e. The molecule has 4 nitrogen and oxygen atoms in total. The van der Waals surface area contributed by atoms with Crippen molar-refractivity contribution >= 4 is 5.82 Å². The molecule has 1 fully saturated rings. The first-order valence-electron chi connectivity index (χ1n) is 6.44. The second-order valence-corrected chi connectivity index (χ2v) is 4.74. The number of nitrogens with zero attached hydrogens (tertiary/aromatic N) is 2. The molecular weight excluding hydrogens is 233 g/mol. The van der Waals surface area contributed by atoms with Crippen LogP contribution in [0.3, 0.4) is 0 Å². The van der Waals surface area contributed by atoms with E-state index in [1.54, 1.807) is 6.20 Å². The molecule has 2 heterocycles. The molecule has 0 aromatic carbocycles. The van der Waals surface area contributed by atoms with Crippen molar-refractivity contribution in [3.8, 4) is 0 Å². The maximum absolute atomic E-state index is 14.1. The zero-order chi connectivity index (χ0) is 13.1. The topological polar surface area (TPSA) is 48.4 Å². The molecule has 2 N–H and O–H groups in total. The molecule has 100 valence electrons. The first-order chi connectivity index (χ1) is 8.63. The number of piperazine rings is 1. The van der Waals surface area contributed by atoms with E-state index in [1.807, 2.05) is 18.7 Å². The Bertz CT molecular complexity index is 413. The van der Waals surface area contributed by atoms with Crippen molar-refractivity contribution in [2.45, 2.75) is 32.4 Å². The average Bonchev–Trinajstić information content (AvgIpc) is 2.39. The summed E-state index contributed by atoms with van der Waals surface area (Å²) in [6, 6.07) is 1.62. The molecule has 18 heavy (non-hydrogen) atoms. The van der Waals surface area contributed by atoms with E-state index in [4.69, 9.17) is 0 Å². The van der Waals surface area contributed by atoms with Gasteiger partial charge in [0.15, 0.2) is 11.6 Å². The van der Waals surface area contributed by atoms with Crippen molar-refractivity contribution < 1.29 is 9.50 Å². The van der Waals surface area contributed by atoms with Gasteiger partial charge >= 0.3 is 0 Å². The summed E-state index contributed by atoms with van der Waals surface area (Å²) in [5.74, 6) is 0.0322. The highest BCUT2D eigenvalue weighted by molar-refractivity contribution is 5.43. The van der Waals surface area contributed by atoms with Crippen molar-refractivity contribution in [1.82, 2.24) is 10.3 Å². The van der Waals surface area contributed by atoms with Crippen LogP contribution in [0.25, 0.3) is 0 Å². The minimum Gasteiger partial charge on any atom is -0.388 e. The summed E-state index contributed by atoms with van der Waals surface area (Å²) in [5, 5.41) is 12.9. The van der Waals surface area contributed by atoms with Crippen LogP contribution in [-0.2, 0) is 0 Å². The first-order valence-corrected chi connectivity index (χ1v) is 6.44.